The van der Waals surface area contributed by atoms with Crippen molar-refractivity contribution in [3.05, 3.63) is 35.5 Å². The molecule has 0 radical (unpaired) electrons. The molecule has 4 nitrogen and oxygen atoms in total. The van der Waals surface area contributed by atoms with Gasteiger partial charge in [-0.15, -0.1) is 0 Å². The van der Waals surface area contributed by atoms with Crippen LogP contribution >= 0.6 is 11.6 Å². The molecule has 2 heterocycles. The number of aromatic nitrogens is 1. The monoisotopic (exact) mass is 346 g/mol. The highest BCUT2D eigenvalue weighted by Gasteiger charge is 2.43. The van der Waals surface area contributed by atoms with Gasteiger partial charge in [0.25, 0.3) is 0 Å². The van der Waals surface area contributed by atoms with Crippen molar-refractivity contribution in [3.8, 4) is 0 Å². The van der Waals surface area contributed by atoms with E-state index in [4.69, 9.17) is 11.6 Å². The fourth-order valence-corrected chi connectivity index (χ4v) is 4.60. The van der Waals surface area contributed by atoms with Crippen LogP contribution in [0.25, 0.3) is 10.9 Å². The summed E-state index contributed by atoms with van der Waals surface area (Å²) in [6, 6.07) is 7.73. The molecule has 4 rings (SSSR count). The molecule has 1 aliphatic carbocycles. The van der Waals surface area contributed by atoms with Gasteiger partial charge in [0.15, 0.2) is 0 Å². The van der Waals surface area contributed by atoms with E-state index in [-0.39, 0.29) is 11.8 Å². The number of amides is 1. The summed E-state index contributed by atoms with van der Waals surface area (Å²) in [5.74, 6) is 0.361. The Morgan fingerprint density at radius 2 is 2.17 bits per heavy atom. The summed E-state index contributed by atoms with van der Waals surface area (Å²) in [7, 11) is 0. The zero-order chi connectivity index (χ0) is 16.7. The zero-order valence-corrected chi connectivity index (χ0v) is 14.5. The van der Waals surface area contributed by atoms with Gasteiger partial charge in [0, 0.05) is 41.1 Å². The second kappa shape index (κ2) is 6.08. The van der Waals surface area contributed by atoms with Crippen molar-refractivity contribution in [2.45, 2.75) is 44.2 Å². The maximum atomic E-state index is 12.8. The molecule has 128 valence electrons. The predicted molar refractivity (Wildman–Crippen MR) is 95.1 cm³/mol. The lowest BCUT2D eigenvalue weighted by molar-refractivity contribution is -0.143. The summed E-state index contributed by atoms with van der Waals surface area (Å²) in [5, 5.41) is 12.5. The van der Waals surface area contributed by atoms with Crippen LogP contribution in [0.3, 0.4) is 0 Å². The molecule has 0 unspecified atom stereocenters. The van der Waals surface area contributed by atoms with Crippen LogP contribution < -0.4 is 0 Å². The number of benzene rings is 1. The number of fused-ring (bicyclic) bond motifs is 2. The van der Waals surface area contributed by atoms with Crippen molar-refractivity contribution in [1.82, 2.24) is 9.47 Å². The molecule has 1 aliphatic heterocycles. The standard InChI is InChI=1S/C19H23ClN2O2/c20-16-5-3-6-17-15(16)7-10-21(17)13-18(23)22-11-9-19(24)8-2-1-4-14(19)12-22/h3,5-7,10,14,24H,1-2,4,8-9,11-13H2/t14-,19-/m1/s1. The van der Waals surface area contributed by atoms with Gasteiger partial charge in [0.1, 0.15) is 6.54 Å². The summed E-state index contributed by atoms with van der Waals surface area (Å²) in [6.07, 6.45) is 6.83. The summed E-state index contributed by atoms with van der Waals surface area (Å²) in [6.45, 7) is 1.68. The van der Waals surface area contributed by atoms with Gasteiger partial charge in [0.2, 0.25) is 5.91 Å². The SMILES string of the molecule is O=C(Cn1ccc2c(Cl)cccc21)N1CC[C@]2(O)CCCC[C@@H]2C1. The van der Waals surface area contributed by atoms with Crippen molar-refractivity contribution < 1.29 is 9.90 Å². The number of nitrogens with zero attached hydrogens (tertiary/aromatic N) is 2. The van der Waals surface area contributed by atoms with E-state index in [2.05, 4.69) is 0 Å². The highest BCUT2D eigenvalue weighted by Crippen LogP contribution is 2.39. The zero-order valence-electron chi connectivity index (χ0n) is 13.7. The molecule has 24 heavy (non-hydrogen) atoms. The second-order valence-electron chi connectivity index (χ2n) is 7.25. The number of halogens is 1. The van der Waals surface area contributed by atoms with Crippen LogP contribution in [0.5, 0.6) is 0 Å². The Bertz CT molecular complexity index is 772. The van der Waals surface area contributed by atoms with Crippen LogP contribution in [0.2, 0.25) is 5.02 Å². The maximum Gasteiger partial charge on any atom is 0.242 e. The Kier molecular flexibility index (Phi) is 4.05. The molecule has 2 fully saturated rings. The second-order valence-corrected chi connectivity index (χ2v) is 7.66. The van der Waals surface area contributed by atoms with Gasteiger partial charge in [-0.05, 0) is 37.5 Å². The van der Waals surface area contributed by atoms with E-state index < -0.39 is 5.60 Å². The third-order valence-electron chi connectivity index (χ3n) is 5.85. The molecule has 2 aliphatic rings. The van der Waals surface area contributed by atoms with E-state index in [1.807, 2.05) is 39.9 Å². The molecule has 1 N–H and O–H groups in total. The molecular formula is C19H23ClN2O2. The highest BCUT2D eigenvalue weighted by molar-refractivity contribution is 6.35. The molecule has 1 amide bonds. The van der Waals surface area contributed by atoms with Crippen molar-refractivity contribution >= 4 is 28.4 Å². The number of hydrogen-bond donors (Lipinski definition) is 1. The third kappa shape index (κ3) is 2.72. The predicted octanol–water partition coefficient (Wildman–Crippen LogP) is 3.45. The summed E-state index contributed by atoms with van der Waals surface area (Å²) in [5.41, 5.74) is 0.449. The van der Waals surface area contributed by atoms with Crippen LogP contribution in [0.15, 0.2) is 30.5 Å². The van der Waals surface area contributed by atoms with Gasteiger partial charge in [-0.25, -0.2) is 0 Å². The number of carbonyl (C=O) groups excluding carboxylic acids is 1. The lowest BCUT2D eigenvalue weighted by Crippen LogP contribution is -2.55. The smallest absolute Gasteiger partial charge is 0.242 e. The Balaban J connectivity index is 1.49. The van der Waals surface area contributed by atoms with E-state index in [0.717, 1.165) is 36.6 Å². The van der Waals surface area contributed by atoms with Gasteiger partial charge in [-0.1, -0.05) is 30.5 Å². The quantitative estimate of drug-likeness (QED) is 0.905. The fraction of sp³-hybridized carbons (Fsp3) is 0.526. The molecule has 2 atom stereocenters. The van der Waals surface area contributed by atoms with Gasteiger partial charge >= 0.3 is 0 Å². The Morgan fingerprint density at radius 3 is 3.04 bits per heavy atom. The fourth-order valence-electron chi connectivity index (χ4n) is 4.37. The van der Waals surface area contributed by atoms with E-state index in [9.17, 15) is 9.90 Å². The minimum Gasteiger partial charge on any atom is -0.389 e. The van der Waals surface area contributed by atoms with Crippen LogP contribution in [0.1, 0.15) is 32.1 Å². The van der Waals surface area contributed by atoms with E-state index in [1.54, 1.807) is 0 Å². The van der Waals surface area contributed by atoms with Gasteiger partial charge in [-0.2, -0.15) is 0 Å². The minimum absolute atomic E-state index is 0.125. The maximum absolute atomic E-state index is 12.8. The number of likely N-dealkylation sites (tertiary alicyclic amines) is 1. The molecule has 1 aromatic carbocycles. The van der Waals surface area contributed by atoms with Crippen LogP contribution in [-0.4, -0.2) is 39.2 Å². The third-order valence-corrected chi connectivity index (χ3v) is 6.18. The van der Waals surface area contributed by atoms with E-state index >= 15 is 0 Å². The summed E-state index contributed by atoms with van der Waals surface area (Å²) < 4.78 is 1.96. The van der Waals surface area contributed by atoms with E-state index in [1.165, 1.54) is 0 Å². The number of aliphatic hydroxyl groups is 1. The Hall–Kier alpha value is -1.52. The first-order valence-corrected chi connectivity index (χ1v) is 9.18. The van der Waals surface area contributed by atoms with Crippen molar-refractivity contribution in [1.29, 1.82) is 0 Å². The number of piperidine rings is 1. The van der Waals surface area contributed by atoms with Gasteiger partial charge in [0.05, 0.1) is 5.60 Å². The van der Waals surface area contributed by atoms with Crippen molar-refractivity contribution in [3.63, 3.8) is 0 Å². The average molecular weight is 347 g/mol. The molecule has 1 aromatic heterocycles. The van der Waals surface area contributed by atoms with Crippen LogP contribution in [0, 0.1) is 5.92 Å². The first-order valence-electron chi connectivity index (χ1n) is 8.80. The highest BCUT2D eigenvalue weighted by atomic mass is 35.5. The number of hydrogen-bond acceptors (Lipinski definition) is 2. The Labute approximate surface area is 147 Å². The molecule has 1 saturated heterocycles. The first kappa shape index (κ1) is 16.0. The lowest BCUT2D eigenvalue weighted by atomic mass is 9.71. The largest absolute Gasteiger partial charge is 0.389 e. The lowest BCUT2D eigenvalue weighted by Gasteiger charge is -2.47. The summed E-state index contributed by atoms with van der Waals surface area (Å²) >= 11 is 6.21. The molecule has 0 spiro atoms. The van der Waals surface area contributed by atoms with Crippen molar-refractivity contribution in [2.24, 2.45) is 5.92 Å². The topological polar surface area (TPSA) is 45.5 Å². The Morgan fingerprint density at radius 1 is 1.29 bits per heavy atom. The molecule has 2 aromatic rings. The molecule has 5 heteroatoms. The van der Waals surface area contributed by atoms with Gasteiger partial charge in [-0.3, -0.25) is 4.79 Å². The van der Waals surface area contributed by atoms with Crippen LogP contribution in [0.4, 0.5) is 0 Å². The first-order chi connectivity index (χ1) is 11.6. The number of carbonyl (C=O) groups is 1. The van der Waals surface area contributed by atoms with E-state index in [0.29, 0.717) is 31.1 Å². The molecule has 0 bridgehead atoms. The minimum atomic E-state index is -0.539. The van der Waals surface area contributed by atoms with Gasteiger partial charge < -0.3 is 14.6 Å². The average Bonchev–Trinajstić information content (AvgIpc) is 2.98. The number of rotatable bonds is 2. The van der Waals surface area contributed by atoms with Crippen LogP contribution in [-0.2, 0) is 11.3 Å². The summed E-state index contributed by atoms with van der Waals surface area (Å²) in [4.78, 5) is 14.7. The van der Waals surface area contributed by atoms with Crippen molar-refractivity contribution in [2.75, 3.05) is 13.1 Å². The molecular weight excluding hydrogens is 324 g/mol. The molecule has 1 saturated carbocycles. The normalized spacial score (nSPS) is 27.2.